The van der Waals surface area contributed by atoms with Crippen molar-refractivity contribution in [2.24, 2.45) is 0 Å². The number of amides is 1. The molecule has 2 rings (SSSR count). The van der Waals surface area contributed by atoms with Gasteiger partial charge in [0, 0.05) is 12.6 Å². The molecule has 1 aromatic rings. The summed E-state index contributed by atoms with van der Waals surface area (Å²) in [5, 5.41) is 10.1. The van der Waals surface area contributed by atoms with Gasteiger partial charge in [-0.05, 0) is 19.4 Å². The fraction of sp³-hybridized carbons (Fsp3) is 0.429. The zero-order valence-electron chi connectivity index (χ0n) is 11.3. The summed E-state index contributed by atoms with van der Waals surface area (Å²) in [5.41, 5.74) is 2.80. The first-order valence-corrected chi connectivity index (χ1v) is 6.20. The molecule has 0 aliphatic carbocycles. The van der Waals surface area contributed by atoms with Crippen LogP contribution in [0.5, 0.6) is 0 Å². The van der Waals surface area contributed by atoms with Crippen molar-refractivity contribution >= 4 is 17.6 Å². The molecule has 1 unspecified atom stereocenters. The summed E-state index contributed by atoms with van der Waals surface area (Å²) in [6, 6.07) is 3.62. The maximum absolute atomic E-state index is 11.7. The highest BCUT2D eigenvalue weighted by atomic mass is 16.5. The van der Waals surface area contributed by atoms with Crippen LogP contribution in [0.3, 0.4) is 0 Å². The van der Waals surface area contributed by atoms with Crippen LogP contribution >= 0.6 is 0 Å². The maximum atomic E-state index is 11.7. The number of fused-ring (bicyclic) bond motifs is 1. The average Bonchev–Trinajstić information content (AvgIpc) is 2.63. The van der Waals surface area contributed by atoms with Gasteiger partial charge in [0.2, 0.25) is 5.91 Å². The van der Waals surface area contributed by atoms with Gasteiger partial charge in [-0.15, -0.1) is 0 Å². The minimum atomic E-state index is -1.36. The summed E-state index contributed by atoms with van der Waals surface area (Å²) in [5.74, 6) is -0.735. The molecular weight excluding hydrogens is 246 g/mol. The lowest BCUT2D eigenvalue weighted by atomic mass is 9.99. The van der Waals surface area contributed by atoms with Crippen molar-refractivity contribution in [1.82, 2.24) is 0 Å². The normalized spacial score (nSPS) is 15.4. The first-order valence-electron chi connectivity index (χ1n) is 6.20. The number of anilines is 1. The van der Waals surface area contributed by atoms with Crippen molar-refractivity contribution in [1.29, 1.82) is 0 Å². The minimum Gasteiger partial charge on any atom is -0.464 e. The molecule has 5 heteroatoms. The first-order chi connectivity index (χ1) is 8.95. The molecule has 0 fully saturated rings. The van der Waals surface area contributed by atoms with E-state index in [2.05, 4.69) is 0 Å². The number of aliphatic hydroxyl groups excluding tert-OH is 1. The second-order valence-corrected chi connectivity index (χ2v) is 4.65. The zero-order valence-corrected chi connectivity index (χ0v) is 11.3. The Labute approximate surface area is 111 Å². The molecule has 19 heavy (non-hydrogen) atoms. The van der Waals surface area contributed by atoms with E-state index in [1.807, 2.05) is 13.0 Å². The fourth-order valence-corrected chi connectivity index (χ4v) is 2.39. The molecule has 0 aromatic heterocycles. The molecule has 1 atom stereocenters. The zero-order chi connectivity index (χ0) is 14.2. The molecule has 102 valence electrons. The number of hydrogen-bond acceptors (Lipinski definition) is 4. The summed E-state index contributed by atoms with van der Waals surface area (Å²) in [6.07, 6.45) is -1.06. The molecule has 1 N–H and O–H groups in total. The summed E-state index contributed by atoms with van der Waals surface area (Å²) < 4.78 is 4.83. The minimum absolute atomic E-state index is 0.0436. The van der Waals surface area contributed by atoms with Crippen molar-refractivity contribution in [3.8, 4) is 0 Å². The summed E-state index contributed by atoms with van der Waals surface area (Å²) in [7, 11) is 1.64. The summed E-state index contributed by atoms with van der Waals surface area (Å²) in [4.78, 5) is 24.9. The lowest BCUT2D eigenvalue weighted by Crippen LogP contribution is -2.24. The highest BCUT2D eigenvalue weighted by molar-refractivity contribution is 6.02. The monoisotopic (exact) mass is 263 g/mol. The number of rotatable bonds is 3. The van der Waals surface area contributed by atoms with Gasteiger partial charge in [0.1, 0.15) is 0 Å². The van der Waals surface area contributed by atoms with Crippen molar-refractivity contribution in [3.63, 3.8) is 0 Å². The van der Waals surface area contributed by atoms with E-state index in [9.17, 15) is 14.7 Å². The Hall–Kier alpha value is -1.88. The molecule has 0 spiro atoms. The Bertz CT molecular complexity index is 538. The molecule has 0 saturated heterocycles. The molecule has 0 bridgehead atoms. The number of likely N-dealkylation sites (N-methyl/N-ethyl adjacent to an activating group) is 1. The van der Waals surface area contributed by atoms with Gasteiger partial charge >= 0.3 is 5.97 Å². The summed E-state index contributed by atoms with van der Waals surface area (Å²) in [6.45, 7) is 3.75. The van der Waals surface area contributed by atoms with Crippen LogP contribution in [0.4, 0.5) is 5.69 Å². The Morgan fingerprint density at radius 3 is 2.84 bits per heavy atom. The van der Waals surface area contributed by atoms with Gasteiger partial charge in [-0.2, -0.15) is 0 Å². The summed E-state index contributed by atoms with van der Waals surface area (Å²) >= 11 is 0. The van der Waals surface area contributed by atoms with Crippen LogP contribution in [0.15, 0.2) is 12.1 Å². The third kappa shape index (κ3) is 2.33. The van der Waals surface area contributed by atoms with Crippen LogP contribution < -0.4 is 4.90 Å². The van der Waals surface area contributed by atoms with Crippen molar-refractivity contribution in [2.75, 3.05) is 18.6 Å². The van der Waals surface area contributed by atoms with Crippen LogP contribution in [-0.4, -0.2) is 30.6 Å². The smallest absolute Gasteiger partial charge is 0.339 e. The van der Waals surface area contributed by atoms with E-state index in [-0.39, 0.29) is 12.5 Å². The second-order valence-electron chi connectivity index (χ2n) is 4.65. The molecule has 1 aromatic carbocycles. The predicted molar refractivity (Wildman–Crippen MR) is 69.9 cm³/mol. The van der Waals surface area contributed by atoms with Gasteiger partial charge in [-0.25, -0.2) is 4.79 Å². The first kappa shape index (κ1) is 13.5. The van der Waals surface area contributed by atoms with Crippen molar-refractivity contribution in [2.45, 2.75) is 26.4 Å². The number of benzene rings is 1. The van der Waals surface area contributed by atoms with E-state index in [4.69, 9.17) is 4.74 Å². The third-order valence-electron chi connectivity index (χ3n) is 3.22. The number of esters is 1. The second kappa shape index (κ2) is 5.01. The molecule has 1 aliphatic heterocycles. The Morgan fingerprint density at radius 2 is 2.21 bits per heavy atom. The average molecular weight is 263 g/mol. The third-order valence-corrected chi connectivity index (χ3v) is 3.22. The number of carbonyl (C=O) groups excluding carboxylic acids is 2. The number of nitrogens with zero attached hydrogens (tertiary/aromatic N) is 1. The molecule has 1 amide bonds. The van der Waals surface area contributed by atoms with Crippen molar-refractivity contribution in [3.05, 3.63) is 28.8 Å². The Kier molecular flexibility index (Phi) is 3.57. The highest BCUT2D eigenvalue weighted by Gasteiger charge is 2.32. The number of hydrogen-bond donors (Lipinski definition) is 1. The van der Waals surface area contributed by atoms with E-state index in [1.54, 1.807) is 20.0 Å². The van der Waals surface area contributed by atoms with E-state index >= 15 is 0 Å². The highest BCUT2D eigenvalue weighted by Crippen LogP contribution is 2.36. The van der Waals surface area contributed by atoms with Gasteiger partial charge in [0.15, 0.2) is 6.10 Å². The lowest BCUT2D eigenvalue weighted by Gasteiger charge is -2.19. The number of ether oxygens (including phenoxy) is 1. The van der Waals surface area contributed by atoms with Gasteiger partial charge in [0.25, 0.3) is 0 Å². The standard InChI is InChI=1S/C14H17NO4/c1-4-19-14(18)13(17)10-6-8(2)5-9-7-11(16)15(3)12(9)10/h5-6,13,17H,4,7H2,1-3H3. The molecular formula is C14H17NO4. The number of carbonyl (C=O) groups is 2. The Morgan fingerprint density at radius 1 is 1.53 bits per heavy atom. The quantitative estimate of drug-likeness (QED) is 0.830. The van der Waals surface area contributed by atoms with Gasteiger partial charge in [0.05, 0.1) is 18.7 Å². The number of aliphatic hydroxyl groups is 1. The predicted octanol–water partition coefficient (Wildman–Crippen LogP) is 1.11. The molecule has 1 heterocycles. The topological polar surface area (TPSA) is 66.8 Å². The fourth-order valence-electron chi connectivity index (χ4n) is 2.39. The molecule has 5 nitrogen and oxygen atoms in total. The van der Waals surface area contributed by atoms with Crippen LogP contribution in [0.2, 0.25) is 0 Å². The van der Waals surface area contributed by atoms with E-state index in [1.165, 1.54) is 4.90 Å². The van der Waals surface area contributed by atoms with Gasteiger partial charge < -0.3 is 14.7 Å². The van der Waals surface area contributed by atoms with Crippen LogP contribution in [0.1, 0.15) is 29.7 Å². The van der Waals surface area contributed by atoms with E-state index < -0.39 is 12.1 Å². The maximum Gasteiger partial charge on any atom is 0.339 e. The number of aryl methyl sites for hydroxylation is 1. The van der Waals surface area contributed by atoms with E-state index in [0.29, 0.717) is 17.7 Å². The van der Waals surface area contributed by atoms with E-state index in [0.717, 1.165) is 11.1 Å². The molecule has 1 aliphatic rings. The van der Waals surface area contributed by atoms with Gasteiger partial charge in [-0.3, -0.25) is 4.79 Å². The van der Waals surface area contributed by atoms with Crippen molar-refractivity contribution < 1.29 is 19.4 Å². The lowest BCUT2D eigenvalue weighted by molar-refractivity contribution is -0.153. The molecule has 0 saturated carbocycles. The largest absolute Gasteiger partial charge is 0.464 e. The van der Waals surface area contributed by atoms with Crippen LogP contribution in [0.25, 0.3) is 0 Å². The van der Waals surface area contributed by atoms with Crippen LogP contribution in [0, 0.1) is 6.92 Å². The van der Waals surface area contributed by atoms with Crippen LogP contribution in [-0.2, 0) is 20.7 Å². The molecule has 0 radical (unpaired) electrons. The van der Waals surface area contributed by atoms with Gasteiger partial charge in [-0.1, -0.05) is 17.7 Å². The Balaban J connectivity index is 2.47. The SMILES string of the molecule is CCOC(=O)C(O)c1cc(C)cc2c1N(C)C(=O)C2.